The van der Waals surface area contributed by atoms with Crippen molar-refractivity contribution in [2.24, 2.45) is 5.73 Å². The largest absolute Gasteiger partial charge is 0.324 e. The number of benzene rings is 1. The molecule has 1 aliphatic heterocycles. The summed E-state index contributed by atoms with van der Waals surface area (Å²) in [6.45, 7) is 5.51. The predicted octanol–water partition coefficient (Wildman–Crippen LogP) is 2.23. The van der Waals surface area contributed by atoms with Crippen LogP contribution in [-0.4, -0.2) is 43.0 Å². The zero-order valence-electron chi connectivity index (χ0n) is 12.5. The average molecular weight is 261 g/mol. The molecule has 0 spiro atoms. The third kappa shape index (κ3) is 4.03. The monoisotopic (exact) mass is 261 g/mol. The Kier molecular flexibility index (Phi) is 4.97. The van der Waals surface area contributed by atoms with Gasteiger partial charge in [0.2, 0.25) is 0 Å². The van der Waals surface area contributed by atoms with Gasteiger partial charge in [-0.05, 0) is 58.1 Å². The number of hydrogen-bond acceptors (Lipinski definition) is 3. The van der Waals surface area contributed by atoms with Crippen LogP contribution in [0, 0.1) is 0 Å². The number of piperidine rings is 1. The van der Waals surface area contributed by atoms with Gasteiger partial charge in [0, 0.05) is 18.6 Å². The van der Waals surface area contributed by atoms with Crippen molar-refractivity contribution in [2.75, 3.05) is 27.2 Å². The molecule has 0 radical (unpaired) electrons. The fraction of sp³-hybridized carbons (Fsp3) is 0.625. The van der Waals surface area contributed by atoms with Gasteiger partial charge < -0.3 is 10.6 Å². The lowest BCUT2D eigenvalue weighted by molar-refractivity contribution is 0.140. The SMILES string of the molecule is C[C@H](N)c1ccc(CN2CCC(N(C)C)CC2)cc1. The van der Waals surface area contributed by atoms with Crippen LogP contribution in [0.15, 0.2) is 24.3 Å². The van der Waals surface area contributed by atoms with Crippen LogP contribution in [0.4, 0.5) is 0 Å². The molecule has 1 aromatic rings. The predicted molar refractivity (Wildman–Crippen MR) is 81.0 cm³/mol. The first-order valence-electron chi connectivity index (χ1n) is 7.29. The summed E-state index contributed by atoms with van der Waals surface area (Å²) in [5.74, 6) is 0. The molecule has 0 amide bonds. The Morgan fingerprint density at radius 1 is 1.21 bits per heavy atom. The number of nitrogens with zero attached hydrogens (tertiary/aromatic N) is 2. The molecule has 3 heteroatoms. The fourth-order valence-corrected chi connectivity index (χ4v) is 2.78. The lowest BCUT2D eigenvalue weighted by Gasteiger charge is -2.35. The normalized spacial score (nSPS) is 19.8. The van der Waals surface area contributed by atoms with Crippen LogP contribution in [0.3, 0.4) is 0 Å². The van der Waals surface area contributed by atoms with E-state index in [4.69, 9.17) is 5.73 Å². The first kappa shape index (κ1) is 14.5. The molecule has 0 bridgehead atoms. The van der Waals surface area contributed by atoms with E-state index in [0.717, 1.165) is 12.6 Å². The molecule has 0 saturated carbocycles. The van der Waals surface area contributed by atoms with Gasteiger partial charge in [-0.1, -0.05) is 24.3 Å². The number of nitrogens with two attached hydrogens (primary N) is 1. The fourth-order valence-electron chi connectivity index (χ4n) is 2.78. The van der Waals surface area contributed by atoms with Gasteiger partial charge in [0.15, 0.2) is 0 Å². The highest BCUT2D eigenvalue weighted by molar-refractivity contribution is 5.24. The van der Waals surface area contributed by atoms with Gasteiger partial charge in [-0.2, -0.15) is 0 Å². The zero-order chi connectivity index (χ0) is 13.8. The summed E-state index contributed by atoms with van der Waals surface area (Å²) in [5.41, 5.74) is 8.49. The summed E-state index contributed by atoms with van der Waals surface area (Å²) in [4.78, 5) is 4.91. The quantitative estimate of drug-likeness (QED) is 0.902. The molecule has 2 rings (SSSR count). The minimum absolute atomic E-state index is 0.130. The zero-order valence-corrected chi connectivity index (χ0v) is 12.5. The first-order valence-corrected chi connectivity index (χ1v) is 7.29. The maximum atomic E-state index is 5.88. The van der Waals surface area contributed by atoms with Crippen LogP contribution in [-0.2, 0) is 6.54 Å². The third-order valence-corrected chi connectivity index (χ3v) is 4.20. The standard InChI is InChI=1S/C16H27N3/c1-13(17)15-6-4-14(5-7-15)12-19-10-8-16(9-11-19)18(2)3/h4-7,13,16H,8-12,17H2,1-3H3/t13-/m0/s1. The summed E-state index contributed by atoms with van der Waals surface area (Å²) in [6, 6.07) is 9.65. The van der Waals surface area contributed by atoms with Gasteiger partial charge in [-0.15, -0.1) is 0 Å². The van der Waals surface area contributed by atoms with Crippen molar-refractivity contribution in [3.8, 4) is 0 Å². The molecule has 1 fully saturated rings. The highest BCUT2D eigenvalue weighted by Gasteiger charge is 2.20. The lowest BCUT2D eigenvalue weighted by Crippen LogP contribution is -2.41. The van der Waals surface area contributed by atoms with Crippen LogP contribution >= 0.6 is 0 Å². The molecule has 0 aromatic heterocycles. The second-order valence-electron chi connectivity index (χ2n) is 6.00. The van der Waals surface area contributed by atoms with Crippen LogP contribution in [0.2, 0.25) is 0 Å². The minimum Gasteiger partial charge on any atom is -0.324 e. The lowest BCUT2D eigenvalue weighted by atomic mass is 10.0. The molecule has 0 aliphatic carbocycles. The number of hydrogen-bond donors (Lipinski definition) is 1. The Morgan fingerprint density at radius 3 is 2.26 bits per heavy atom. The second-order valence-corrected chi connectivity index (χ2v) is 6.00. The van der Waals surface area contributed by atoms with Crippen LogP contribution < -0.4 is 5.73 Å². The van der Waals surface area contributed by atoms with Gasteiger partial charge >= 0.3 is 0 Å². The van der Waals surface area contributed by atoms with Crippen molar-refractivity contribution in [1.29, 1.82) is 0 Å². The Labute approximate surface area is 117 Å². The highest BCUT2D eigenvalue weighted by Crippen LogP contribution is 2.17. The Balaban J connectivity index is 1.85. The van der Waals surface area contributed by atoms with E-state index in [1.54, 1.807) is 0 Å². The van der Waals surface area contributed by atoms with Gasteiger partial charge in [-0.3, -0.25) is 4.90 Å². The summed E-state index contributed by atoms with van der Waals surface area (Å²) in [5, 5.41) is 0. The molecule has 3 nitrogen and oxygen atoms in total. The van der Waals surface area contributed by atoms with Gasteiger partial charge in [0.05, 0.1) is 0 Å². The third-order valence-electron chi connectivity index (χ3n) is 4.20. The summed E-state index contributed by atoms with van der Waals surface area (Å²) in [6.07, 6.45) is 2.57. The van der Waals surface area contributed by atoms with Crippen LogP contribution in [0.25, 0.3) is 0 Å². The maximum absolute atomic E-state index is 5.88. The average Bonchev–Trinajstić information content (AvgIpc) is 2.40. The second kappa shape index (κ2) is 6.51. The smallest absolute Gasteiger partial charge is 0.0266 e. The van der Waals surface area contributed by atoms with Gasteiger partial charge in [0.25, 0.3) is 0 Å². The van der Waals surface area contributed by atoms with E-state index < -0.39 is 0 Å². The summed E-state index contributed by atoms with van der Waals surface area (Å²) in [7, 11) is 4.38. The number of rotatable bonds is 4. The molecule has 2 N–H and O–H groups in total. The molecular formula is C16H27N3. The molecule has 1 heterocycles. The molecule has 1 aromatic carbocycles. The first-order chi connectivity index (χ1) is 9.06. The topological polar surface area (TPSA) is 32.5 Å². The van der Waals surface area contributed by atoms with Crippen molar-refractivity contribution >= 4 is 0 Å². The minimum atomic E-state index is 0.130. The van der Waals surface area contributed by atoms with E-state index in [1.165, 1.54) is 37.1 Å². The Morgan fingerprint density at radius 2 is 1.79 bits per heavy atom. The van der Waals surface area contributed by atoms with Gasteiger partial charge in [0.1, 0.15) is 0 Å². The van der Waals surface area contributed by atoms with Crippen LogP contribution in [0.5, 0.6) is 0 Å². The number of likely N-dealkylation sites (tertiary alicyclic amines) is 1. The van der Waals surface area contributed by atoms with Crippen molar-refractivity contribution in [2.45, 2.75) is 38.4 Å². The Bertz CT molecular complexity index is 375. The van der Waals surface area contributed by atoms with Crippen molar-refractivity contribution in [3.63, 3.8) is 0 Å². The van der Waals surface area contributed by atoms with E-state index >= 15 is 0 Å². The molecule has 106 valence electrons. The van der Waals surface area contributed by atoms with E-state index in [1.807, 2.05) is 6.92 Å². The molecule has 1 aliphatic rings. The van der Waals surface area contributed by atoms with Crippen molar-refractivity contribution < 1.29 is 0 Å². The van der Waals surface area contributed by atoms with Crippen molar-refractivity contribution in [3.05, 3.63) is 35.4 Å². The van der Waals surface area contributed by atoms with E-state index in [2.05, 4.69) is 48.2 Å². The molecule has 1 atom stereocenters. The van der Waals surface area contributed by atoms with Crippen LogP contribution in [0.1, 0.15) is 36.9 Å². The molecular weight excluding hydrogens is 234 g/mol. The molecule has 1 saturated heterocycles. The maximum Gasteiger partial charge on any atom is 0.0266 e. The molecule has 0 unspecified atom stereocenters. The van der Waals surface area contributed by atoms with E-state index in [-0.39, 0.29) is 6.04 Å². The van der Waals surface area contributed by atoms with E-state index in [0.29, 0.717) is 0 Å². The van der Waals surface area contributed by atoms with Gasteiger partial charge in [-0.25, -0.2) is 0 Å². The Hall–Kier alpha value is -0.900. The van der Waals surface area contributed by atoms with E-state index in [9.17, 15) is 0 Å². The highest BCUT2D eigenvalue weighted by atomic mass is 15.2. The summed E-state index contributed by atoms with van der Waals surface area (Å²) >= 11 is 0. The molecule has 19 heavy (non-hydrogen) atoms. The van der Waals surface area contributed by atoms with Crippen molar-refractivity contribution in [1.82, 2.24) is 9.80 Å². The summed E-state index contributed by atoms with van der Waals surface area (Å²) < 4.78 is 0.